The molecule has 3 N–H and O–H groups in total. The minimum atomic E-state index is -0.232. The number of rotatable bonds is 5. The first-order valence-electron chi connectivity index (χ1n) is 8.73. The number of pyridine rings is 1. The molecule has 132 valence electrons. The minimum Gasteiger partial charge on any atom is -0.467 e. The molecule has 4 rings (SSSR count). The number of carbonyl (C=O) groups is 1. The number of hydrazine groups is 1. The summed E-state index contributed by atoms with van der Waals surface area (Å²) in [5.41, 5.74) is 7.52. The smallest absolute Gasteiger partial charge is 0.242 e. The summed E-state index contributed by atoms with van der Waals surface area (Å²) in [5, 5.41) is 3.40. The van der Waals surface area contributed by atoms with Gasteiger partial charge < -0.3 is 14.6 Å². The molecule has 0 bridgehead atoms. The van der Waals surface area contributed by atoms with Gasteiger partial charge in [-0.15, -0.1) is 0 Å². The van der Waals surface area contributed by atoms with Gasteiger partial charge in [0.25, 0.3) is 0 Å². The van der Waals surface area contributed by atoms with Crippen LogP contribution in [0.3, 0.4) is 0 Å². The molecule has 7 heteroatoms. The Morgan fingerprint density at radius 2 is 2.24 bits per heavy atom. The van der Waals surface area contributed by atoms with Gasteiger partial charge in [0.1, 0.15) is 11.8 Å². The van der Waals surface area contributed by atoms with Crippen molar-refractivity contribution in [3.8, 4) is 0 Å². The molecule has 0 aliphatic carbocycles. The SMILES string of the molecule is O=C(C1NNC2CCNCC21)N(Cc1cccnc1)Cc1ccco1. The minimum absolute atomic E-state index is 0.0870. The highest BCUT2D eigenvalue weighted by Crippen LogP contribution is 2.23. The largest absolute Gasteiger partial charge is 0.467 e. The zero-order chi connectivity index (χ0) is 17.1. The third-order valence-electron chi connectivity index (χ3n) is 4.98. The summed E-state index contributed by atoms with van der Waals surface area (Å²) in [5.74, 6) is 1.12. The van der Waals surface area contributed by atoms with Crippen LogP contribution in [-0.4, -0.2) is 41.0 Å². The highest BCUT2D eigenvalue weighted by Gasteiger charge is 2.42. The lowest BCUT2D eigenvalue weighted by molar-refractivity contribution is -0.135. The molecule has 3 atom stereocenters. The number of nitrogens with one attached hydrogen (secondary N) is 3. The van der Waals surface area contributed by atoms with E-state index in [9.17, 15) is 4.79 Å². The summed E-state index contributed by atoms with van der Waals surface area (Å²) >= 11 is 0. The molecule has 25 heavy (non-hydrogen) atoms. The van der Waals surface area contributed by atoms with E-state index in [0.29, 0.717) is 19.1 Å². The fourth-order valence-electron chi connectivity index (χ4n) is 3.67. The van der Waals surface area contributed by atoms with E-state index in [4.69, 9.17) is 4.42 Å². The number of aromatic nitrogens is 1. The van der Waals surface area contributed by atoms with E-state index in [-0.39, 0.29) is 17.9 Å². The fourth-order valence-corrected chi connectivity index (χ4v) is 3.67. The molecule has 0 aromatic carbocycles. The zero-order valence-corrected chi connectivity index (χ0v) is 14.0. The van der Waals surface area contributed by atoms with Gasteiger partial charge in [-0.3, -0.25) is 15.2 Å². The quantitative estimate of drug-likeness (QED) is 0.741. The van der Waals surface area contributed by atoms with Gasteiger partial charge in [-0.25, -0.2) is 5.43 Å². The lowest BCUT2D eigenvalue weighted by Gasteiger charge is -2.30. The summed E-state index contributed by atoms with van der Waals surface area (Å²) in [6.45, 7) is 2.80. The normalized spacial score (nSPS) is 25.5. The predicted molar refractivity (Wildman–Crippen MR) is 92.0 cm³/mol. The van der Waals surface area contributed by atoms with E-state index in [0.717, 1.165) is 30.8 Å². The van der Waals surface area contributed by atoms with E-state index in [1.807, 2.05) is 29.2 Å². The molecule has 0 spiro atoms. The van der Waals surface area contributed by atoms with Crippen LogP contribution in [0.1, 0.15) is 17.7 Å². The molecule has 1 amide bonds. The summed E-state index contributed by atoms with van der Waals surface area (Å²) in [4.78, 5) is 19.3. The summed E-state index contributed by atoms with van der Waals surface area (Å²) in [6.07, 6.45) is 6.21. The van der Waals surface area contributed by atoms with Crippen molar-refractivity contribution in [2.45, 2.75) is 31.6 Å². The molecule has 2 aromatic heterocycles. The zero-order valence-electron chi connectivity index (χ0n) is 14.0. The standard InChI is InChI=1S/C18H23N5O2/c24-18(17-15-10-20-7-5-16(15)21-22-17)23(12-14-4-2-8-25-14)11-13-3-1-6-19-9-13/h1-4,6,8-9,15-17,20-22H,5,7,10-12H2. The van der Waals surface area contributed by atoms with Gasteiger partial charge in [0.15, 0.2) is 0 Å². The van der Waals surface area contributed by atoms with Crippen molar-refractivity contribution in [3.63, 3.8) is 0 Å². The molecule has 3 unspecified atom stereocenters. The van der Waals surface area contributed by atoms with Crippen LogP contribution in [0, 0.1) is 5.92 Å². The predicted octanol–water partition coefficient (Wildman–Crippen LogP) is 0.658. The highest BCUT2D eigenvalue weighted by atomic mass is 16.3. The number of hydrogen-bond acceptors (Lipinski definition) is 6. The fraction of sp³-hybridized carbons (Fsp3) is 0.444. The maximum atomic E-state index is 13.3. The van der Waals surface area contributed by atoms with E-state index in [2.05, 4.69) is 21.2 Å². The lowest BCUT2D eigenvalue weighted by atomic mass is 9.89. The first kappa shape index (κ1) is 16.3. The van der Waals surface area contributed by atoms with Crippen LogP contribution in [-0.2, 0) is 17.9 Å². The second-order valence-corrected chi connectivity index (χ2v) is 6.66. The van der Waals surface area contributed by atoms with Crippen molar-refractivity contribution in [1.82, 2.24) is 26.1 Å². The average molecular weight is 341 g/mol. The molecule has 2 aliphatic rings. The second kappa shape index (κ2) is 7.35. The van der Waals surface area contributed by atoms with Crippen molar-refractivity contribution < 1.29 is 9.21 Å². The van der Waals surface area contributed by atoms with Crippen molar-refractivity contribution in [1.29, 1.82) is 0 Å². The molecule has 2 saturated heterocycles. The Hall–Kier alpha value is -2.22. The van der Waals surface area contributed by atoms with Crippen LogP contribution >= 0.6 is 0 Å². The number of hydrogen-bond donors (Lipinski definition) is 3. The van der Waals surface area contributed by atoms with Gasteiger partial charge in [0.05, 0.1) is 12.8 Å². The number of amides is 1. The third-order valence-corrected chi connectivity index (χ3v) is 4.98. The van der Waals surface area contributed by atoms with Crippen LogP contribution in [0.5, 0.6) is 0 Å². The summed E-state index contributed by atoms with van der Waals surface area (Å²) in [7, 11) is 0. The number of furan rings is 1. The Labute approximate surface area is 146 Å². The number of carbonyl (C=O) groups excluding carboxylic acids is 1. The maximum absolute atomic E-state index is 13.3. The number of nitrogens with zero attached hydrogens (tertiary/aromatic N) is 2. The first-order chi connectivity index (χ1) is 12.3. The summed E-state index contributed by atoms with van der Waals surface area (Å²) in [6, 6.07) is 7.73. The van der Waals surface area contributed by atoms with Crippen LogP contribution in [0.25, 0.3) is 0 Å². The monoisotopic (exact) mass is 341 g/mol. The molecule has 2 aromatic rings. The number of fused-ring (bicyclic) bond motifs is 1. The Balaban J connectivity index is 1.53. The molecule has 2 aliphatic heterocycles. The second-order valence-electron chi connectivity index (χ2n) is 6.66. The van der Waals surface area contributed by atoms with Crippen LogP contribution in [0.4, 0.5) is 0 Å². The van der Waals surface area contributed by atoms with Crippen molar-refractivity contribution in [2.24, 2.45) is 5.92 Å². The lowest BCUT2D eigenvalue weighted by Crippen LogP contribution is -2.50. The molecular formula is C18H23N5O2. The Morgan fingerprint density at radius 3 is 3.04 bits per heavy atom. The Morgan fingerprint density at radius 1 is 1.28 bits per heavy atom. The molecular weight excluding hydrogens is 318 g/mol. The van der Waals surface area contributed by atoms with Crippen molar-refractivity contribution in [3.05, 3.63) is 54.2 Å². The van der Waals surface area contributed by atoms with E-state index < -0.39 is 0 Å². The molecule has 0 radical (unpaired) electrons. The summed E-state index contributed by atoms with van der Waals surface area (Å²) < 4.78 is 5.46. The average Bonchev–Trinajstić information content (AvgIpc) is 3.31. The molecule has 7 nitrogen and oxygen atoms in total. The van der Waals surface area contributed by atoms with Gasteiger partial charge in [0, 0.05) is 37.4 Å². The molecule has 4 heterocycles. The Kier molecular flexibility index (Phi) is 4.78. The molecule has 2 fully saturated rings. The van der Waals surface area contributed by atoms with Gasteiger partial charge in [0.2, 0.25) is 5.91 Å². The van der Waals surface area contributed by atoms with Gasteiger partial charge in [-0.05, 0) is 36.7 Å². The van der Waals surface area contributed by atoms with Gasteiger partial charge in [-0.1, -0.05) is 6.07 Å². The van der Waals surface area contributed by atoms with Crippen LogP contribution < -0.4 is 16.2 Å². The third kappa shape index (κ3) is 3.58. The number of piperidine rings is 1. The highest BCUT2D eigenvalue weighted by molar-refractivity contribution is 5.82. The van der Waals surface area contributed by atoms with Gasteiger partial charge >= 0.3 is 0 Å². The Bertz CT molecular complexity index is 691. The van der Waals surface area contributed by atoms with Gasteiger partial charge in [-0.2, -0.15) is 0 Å². The topological polar surface area (TPSA) is 82.4 Å². The van der Waals surface area contributed by atoms with E-state index >= 15 is 0 Å². The van der Waals surface area contributed by atoms with Crippen molar-refractivity contribution >= 4 is 5.91 Å². The van der Waals surface area contributed by atoms with E-state index in [1.54, 1.807) is 18.7 Å². The van der Waals surface area contributed by atoms with Crippen LogP contribution in [0.2, 0.25) is 0 Å². The van der Waals surface area contributed by atoms with Crippen molar-refractivity contribution in [2.75, 3.05) is 13.1 Å². The van der Waals surface area contributed by atoms with Crippen LogP contribution in [0.15, 0.2) is 47.3 Å². The maximum Gasteiger partial charge on any atom is 0.242 e. The van der Waals surface area contributed by atoms with E-state index in [1.165, 1.54) is 0 Å². The first-order valence-corrected chi connectivity index (χ1v) is 8.73. The molecule has 0 saturated carbocycles.